The van der Waals surface area contributed by atoms with E-state index in [2.05, 4.69) is 6.58 Å². The van der Waals surface area contributed by atoms with Crippen LogP contribution in [0.15, 0.2) is 55.1 Å². The van der Waals surface area contributed by atoms with Gasteiger partial charge >= 0.3 is 11.9 Å². The van der Waals surface area contributed by atoms with Crippen molar-refractivity contribution in [2.45, 2.75) is 0 Å². The Kier molecular flexibility index (Phi) is 4.62. The molecule has 0 aliphatic carbocycles. The Balaban J connectivity index is 1.58. The smallest absolute Gasteiger partial charge is 0.370 e. The van der Waals surface area contributed by atoms with Crippen LogP contribution in [0.4, 0.5) is 0 Å². The minimum Gasteiger partial charge on any atom is -0.450 e. The van der Waals surface area contributed by atoms with Crippen molar-refractivity contribution in [3.8, 4) is 0 Å². The summed E-state index contributed by atoms with van der Waals surface area (Å²) in [6, 6.07) is 12.5. The van der Waals surface area contributed by atoms with Crippen LogP contribution in [0.1, 0.15) is 36.6 Å². The van der Waals surface area contributed by atoms with Crippen LogP contribution in [0.3, 0.4) is 0 Å². The summed E-state index contributed by atoms with van der Waals surface area (Å²) in [6.07, 6.45) is 1.62. The molecule has 2 aromatic carbocycles. The molecule has 0 radical (unpaired) electrons. The Labute approximate surface area is 148 Å². The number of hydrogen-bond acceptors (Lipinski definition) is 6. The van der Waals surface area contributed by atoms with E-state index in [1.54, 1.807) is 30.3 Å². The average molecular weight is 351 g/mol. The summed E-state index contributed by atoms with van der Waals surface area (Å²) < 4.78 is 4.83. The van der Waals surface area contributed by atoms with Crippen molar-refractivity contribution in [2.24, 2.45) is 0 Å². The molecule has 1 aliphatic heterocycles. The molecule has 130 valence electrons. The second kappa shape index (κ2) is 7.02. The lowest BCUT2D eigenvalue weighted by Crippen LogP contribution is -2.34. The summed E-state index contributed by atoms with van der Waals surface area (Å²) in [5.41, 5.74) is 1.35. The fourth-order valence-corrected chi connectivity index (χ4v) is 2.34. The van der Waals surface area contributed by atoms with Gasteiger partial charge in [0.15, 0.2) is 6.61 Å². The maximum absolute atomic E-state index is 12.1. The van der Waals surface area contributed by atoms with E-state index >= 15 is 0 Å². The molecule has 1 heterocycles. The first-order valence-corrected chi connectivity index (χ1v) is 7.59. The van der Waals surface area contributed by atoms with Crippen molar-refractivity contribution in [2.75, 3.05) is 6.61 Å². The molecular formula is C19H13NO6. The van der Waals surface area contributed by atoms with Gasteiger partial charge in [-0.15, -0.1) is 0 Å². The first-order valence-electron chi connectivity index (χ1n) is 7.59. The third-order valence-corrected chi connectivity index (χ3v) is 3.65. The molecule has 0 N–H and O–H groups in total. The highest BCUT2D eigenvalue weighted by Gasteiger charge is 2.38. The number of hydroxylamine groups is 2. The van der Waals surface area contributed by atoms with Gasteiger partial charge in [-0.2, -0.15) is 0 Å². The van der Waals surface area contributed by atoms with E-state index in [-0.39, 0.29) is 16.7 Å². The highest BCUT2D eigenvalue weighted by molar-refractivity contribution is 6.20. The Hall–Kier alpha value is -3.74. The highest BCUT2D eigenvalue weighted by atomic mass is 16.7. The topological polar surface area (TPSA) is 90.0 Å². The SMILES string of the molecule is C=Cc1ccc(C(=O)OCC(=O)ON2C(=O)c3ccccc3C2=O)cc1. The third-order valence-electron chi connectivity index (χ3n) is 3.65. The molecule has 2 aromatic rings. The highest BCUT2D eigenvalue weighted by Crippen LogP contribution is 2.22. The zero-order chi connectivity index (χ0) is 18.7. The van der Waals surface area contributed by atoms with E-state index < -0.39 is 30.4 Å². The molecule has 0 atom stereocenters. The number of imide groups is 1. The number of rotatable bonds is 5. The Morgan fingerprint density at radius 2 is 1.54 bits per heavy atom. The molecule has 0 saturated carbocycles. The summed E-state index contributed by atoms with van der Waals surface area (Å²) >= 11 is 0. The maximum Gasteiger partial charge on any atom is 0.370 e. The lowest BCUT2D eigenvalue weighted by molar-refractivity contribution is -0.171. The van der Waals surface area contributed by atoms with Crippen molar-refractivity contribution in [1.82, 2.24) is 5.06 Å². The Morgan fingerprint density at radius 1 is 0.962 bits per heavy atom. The van der Waals surface area contributed by atoms with Crippen molar-refractivity contribution in [1.29, 1.82) is 0 Å². The fourth-order valence-electron chi connectivity index (χ4n) is 2.34. The van der Waals surface area contributed by atoms with Gasteiger partial charge in [-0.3, -0.25) is 9.59 Å². The molecule has 0 saturated heterocycles. The summed E-state index contributed by atoms with van der Waals surface area (Å²) in [5, 5.41) is 0.361. The summed E-state index contributed by atoms with van der Waals surface area (Å²) in [4.78, 5) is 52.6. The lowest BCUT2D eigenvalue weighted by atomic mass is 10.1. The minimum atomic E-state index is -1.05. The number of carbonyl (C=O) groups is 4. The zero-order valence-corrected chi connectivity index (χ0v) is 13.5. The largest absolute Gasteiger partial charge is 0.450 e. The van der Waals surface area contributed by atoms with Gasteiger partial charge in [0.1, 0.15) is 0 Å². The summed E-state index contributed by atoms with van der Waals surface area (Å²) in [6.45, 7) is 2.86. The number of esters is 1. The Bertz CT molecular complexity index is 881. The standard InChI is InChI=1S/C19H13NO6/c1-2-12-7-9-13(10-8-12)19(24)25-11-16(21)26-20-17(22)14-5-3-4-6-15(14)18(20)23/h2-10H,1,11H2. The van der Waals surface area contributed by atoms with Crippen LogP contribution in [0.2, 0.25) is 0 Å². The van der Waals surface area contributed by atoms with Crippen LogP contribution in [-0.2, 0) is 14.4 Å². The van der Waals surface area contributed by atoms with Gasteiger partial charge in [0, 0.05) is 0 Å². The van der Waals surface area contributed by atoms with Crippen molar-refractivity contribution >= 4 is 29.8 Å². The van der Waals surface area contributed by atoms with Gasteiger partial charge in [-0.25, -0.2) is 9.59 Å². The molecule has 0 aromatic heterocycles. The van der Waals surface area contributed by atoms with Crippen molar-refractivity contribution < 1.29 is 28.8 Å². The van der Waals surface area contributed by atoms with Crippen LogP contribution >= 0.6 is 0 Å². The molecule has 7 heteroatoms. The van der Waals surface area contributed by atoms with Crippen LogP contribution < -0.4 is 0 Å². The Morgan fingerprint density at radius 3 is 2.08 bits per heavy atom. The number of nitrogens with zero attached hydrogens (tertiary/aromatic N) is 1. The van der Waals surface area contributed by atoms with Crippen LogP contribution in [-0.4, -0.2) is 35.4 Å². The molecule has 3 rings (SSSR count). The molecule has 2 amide bonds. The average Bonchev–Trinajstić information content (AvgIpc) is 2.91. The minimum absolute atomic E-state index is 0.143. The van der Waals surface area contributed by atoms with Gasteiger partial charge in [0.05, 0.1) is 16.7 Å². The van der Waals surface area contributed by atoms with Gasteiger partial charge in [0.2, 0.25) is 0 Å². The second-order valence-electron chi connectivity index (χ2n) is 5.32. The molecule has 26 heavy (non-hydrogen) atoms. The van der Waals surface area contributed by atoms with Gasteiger partial charge in [-0.05, 0) is 29.8 Å². The van der Waals surface area contributed by atoms with Gasteiger partial charge in [-0.1, -0.05) is 42.0 Å². The number of ether oxygens (including phenoxy) is 1. The number of fused-ring (bicyclic) bond motifs is 1. The lowest BCUT2D eigenvalue weighted by Gasteiger charge is -2.12. The van der Waals surface area contributed by atoms with Gasteiger partial charge in [0.25, 0.3) is 11.8 Å². The first-order chi connectivity index (χ1) is 12.5. The van der Waals surface area contributed by atoms with Crippen molar-refractivity contribution in [3.05, 3.63) is 77.4 Å². The number of carbonyl (C=O) groups excluding carboxylic acids is 4. The molecular weight excluding hydrogens is 338 g/mol. The monoisotopic (exact) mass is 351 g/mol. The predicted molar refractivity (Wildman–Crippen MR) is 89.8 cm³/mol. The normalized spacial score (nSPS) is 12.5. The van der Waals surface area contributed by atoms with E-state index in [4.69, 9.17) is 9.57 Å². The molecule has 0 unspecified atom stereocenters. The van der Waals surface area contributed by atoms with Crippen LogP contribution in [0.25, 0.3) is 6.08 Å². The summed E-state index contributed by atoms with van der Waals surface area (Å²) in [5.74, 6) is -3.27. The number of hydrogen-bond donors (Lipinski definition) is 0. The quantitative estimate of drug-likeness (QED) is 0.606. The number of benzene rings is 2. The van der Waals surface area contributed by atoms with E-state index in [9.17, 15) is 19.2 Å². The second-order valence-corrected chi connectivity index (χ2v) is 5.32. The molecule has 7 nitrogen and oxygen atoms in total. The molecule has 1 aliphatic rings. The number of amides is 2. The predicted octanol–water partition coefficient (Wildman–Crippen LogP) is 2.24. The third kappa shape index (κ3) is 3.23. The van der Waals surface area contributed by atoms with E-state index in [1.165, 1.54) is 24.3 Å². The van der Waals surface area contributed by atoms with E-state index in [0.29, 0.717) is 5.06 Å². The summed E-state index contributed by atoms with van der Waals surface area (Å²) in [7, 11) is 0. The maximum atomic E-state index is 12.1. The van der Waals surface area contributed by atoms with E-state index in [0.717, 1.165) is 5.56 Å². The first kappa shape index (κ1) is 17.1. The fraction of sp³-hybridized carbons (Fsp3) is 0.0526. The van der Waals surface area contributed by atoms with E-state index in [1.807, 2.05) is 0 Å². The molecule has 0 fully saturated rings. The van der Waals surface area contributed by atoms with Crippen molar-refractivity contribution in [3.63, 3.8) is 0 Å². The van der Waals surface area contributed by atoms with Crippen LogP contribution in [0, 0.1) is 0 Å². The molecule has 0 bridgehead atoms. The molecule has 0 spiro atoms. The van der Waals surface area contributed by atoms with Crippen LogP contribution in [0.5, 0.6) is 0 Å². The zero-order valence-electron chi connectivity index (χ0n) is 13.5. The van der Waals surface area contributed by atoms with Gasteiger partial charge < -0.3 is 9.57 Å².